The lowest BCUT2D eigenvalue weighted by Crippen LogP contribution is -1.90. The minimum atomic E-state index is -0.212. The molecule has 0 saturated carbocycles. The van der Waals surface area contributed by atoms with Gasteiger partial charge in [-0.1, -0.05) is 12.1 Å². The van der Waals surface area contributed by atoms with Crippen LogP contribution in [0.25, 0.3) is 22.3 Å². The second-order valence-corrected chi connectivity index (χ2v) is 6.32. The third kappa shape index (κ3) is 2.87. The van der Waals surface area contributed by atoms with Crippen LogP contribution in [0.3, 0.4) is 0 Å². The molecule has 4 nitrogen and oxygen atoms in total. The summed E-state index contributed by atoms with van der Waals surface area (Å²) >= 11 is 0. The highest BCUT2D eigenvalue weighted by atomic mass is 16.3. The molecule has 0 fully saturated rings. The second kappa shape index (κ2) is 6.06. The Labute approximate surface area is 146 Å². The Morgan fingerprint density at radius 3 is 1.64 bits per heavy atom. The van der Waals surface area contributed by atoms with E-state index in [0.29, 0.717) is 33.4 Å². The Hall–Kier alpha value is -3.14. The fourth-order valence-electron chi connectivity index (χ4n) is 3.01. The van der Waals surface area contributed by atoms with E-state index in [1.807, 2.05) is 6.92 Å². The van der Waals surface area contributed by atoms with Crippen LogP contribution in [-0.4, -0.2) is 20.4 Å². The molecule has 0 aromatic heterocycles. The normalized spacial score (nSPS) is 10.8. The lowest BCUT2D eigenvalue weighted by molar-refractivity contribution is 0.406. The Morgan fingerprint density at radius 2 is 1.08 bits per heavy atom. The zero-order valence-corrected chi connectivity index (χ0v) is 14.3. The van der Waals surface area contributed by atoms with Crippen molar-refractivity contribution in [2.75, 3.05) is 0 Å². The number of phenolic OH excluding ortho intramolecular Hbond substituents is 4. The van der Waals surface area contributed by atoms with Gasteiger partial charge in [-0.15, -0.1) is 0 Å². The highest BCUT2D eigenvalue weighted by Crippen LogP contribution is 2.46. The molecule has 4 N–H and O–H groups in total. The standard InChI is InChI=1S/C21H20O4/c1-11-8-14(4-6-17(11)22)16-10-13(3)19(21(25)20(16)24)15-5-7-18(23)12(2)9-15/h4-10,22-25H,1-3H3. The number of aromatic hydroxyl groups is 4. The molecule has 3 rings (SSSR count). The molecule has 0 radical (unpaired) electrons. The molecule has 0 amide bonds. The van der Waals surface area contributed by atoms with Gasteiger partial charge in [0.1, 0.15) is 11.5 Å². The number of aryl methyl sites for hydroxylation is 3. The van der Waals surface area contributed by atoms with E-state index in [4.69, 9.17) is 0 Å². The molecule has 0 saturated heterocycles. The van der Waals surface area contributed by atoms with Crippen LogP contribution in [0, 0.1) is 20.8 Å². The van der Waals surface area contributed by atoms with Crippen molar-refractivity contribution in [1.82, 2.24) is 0 Å². The molecule has 128 valence electrons. The fourth-order valence-corrected chi connectivity index (χ4v) is 3.01. The summed E-state index contributed by atoms with van der Waals surface area (Å²) in [5.74, 6) is -0.0519. The van der Waals surface area contributed by atoms with Gasteiger partial charge >= 0.3 is 0 Å². The van der Waals surface area contributed by atoms with Crippen LogP contribution in [0.1, 0.15) is 16.7 Å². The van der Waals surface area contributed by atoms with Gasteiger partial charge in [0, 0.05) is 11.1 Å². The van der Waals surface area contributed by atoms with E-state index in [1.165, 1.54) is 0 Å². The molecule has 3 aromatic rings. The van der Waals surface area contributed by atoms with Gasteiger partial charge in [-0.05, 0) is 78.9 Å². The molecule has 0 bridgehead atoms. The van der Waals surface area contributed by atoms with Crippen molar-refractivity contribution in [3.05, 3.63) is 59.2 Å². The Morgan fingerprint density at radius 1 is 0.560 bits per heavy atom. The summed E-state index contributed by atoms with van der Waals surface area (Å²) < 4.78 is 0. The lowest BCUT2D eigenvalue weighted by atomic mass is 9.92. The predicted octanol–water partition coefficient (Wildman–Crippen LogP) is 4.77. The lowest BCUT2D eigenvalue weighted by Gasteiger charge is -2.16. The SMILES string of the molecule is Cc1cc(-c2cc(C)c(-c3ccc(O)c(C)c3)c(O)c2O)ccc1O. The van der Waals surface area contributed by atoms with Gasteiger partial charge in [0.25, 0.3) is 0 Å². The first kappa shape index (κ1) is 16.7. The molecule has 0 atom stereocenters. The fraction of sp³-hybridized carbons (Fsp3) is 0.143. The second-order valence-electron chi connectivity index (χ2n) is 6.32. The Balaban J connectivity index is 2.20. The van der Waals surface area contributed by atoms with E-state index in [-0.39, 0.29) is 23.0 Å². The molecule has 4 heteroatoms. The van der Waals surface area contributed by atoms with Crippen molar-refractivity contribution in [1.29, 1.82) is 0 Å². The van der Waals surface area contributed by atoms with Crippen molar-refractivity contribution in [2.24, 2.45) is 0 Å². The zero-order valence-electron chi connectivity index (χ0n) is 14.3. The van der Waals surface area contributed by atoms with Gasteiger partial charge in [0.2, 0.25) is 0 Å². The summed E-state index contributed by atoms with van der Waals surface area (Å²) in [5.41, 5.74) is 4.62. The first-order chi connectivity index (χ1) is 11.8. The summed E-state index contributed by atoms with van der Waals surface area (Å²) in [4.78, 5) is 0. The van der Waals surface area contributed by atoms with Crippen LogP contribution in [0.15, 0.2) is 42.5 Å². The van der Waals surface area contributed by atoms with Crippen molar-refractivity contribution in [3.63, 3.8) is 0 Å². The highest BCUT2D eigenvalue weighted by molar-refractivity contribution is 5.85. The van der Waals surface area contributed by atoms with Gasteiger partial charge in [0.15, 0.2) is 11.5 Å². The van der Waals surface area contributed by atoms with Crippen molar-refractivity contribution in [2.45, 2.75) is 20.8 Å². The average Bonchev–Trinajstić information content (AvgIpc) is 2.57. The molecule has 3 aromatic carbocycles. The number of hydrogen-bond acceptors (Lipinski definition) is 4. The average molecular weight is 336 g/mol. The number of benzene rings is 3. The predicted molar refractivity (Wildman–Crippen MR) is 98.2 cm³/mol. The third-order valence-electron chi connectivity index (χ3n) is 4.46. The van der Waals surface area contributed by atoms with Gasteiger partial charge < -0.3 is 20.4 Å². The Kier molecular flexibility index (Phi) is 4.05. The van der Waals surface area contributed by atoms with E-state index in [9.17, 15) is 20.4 Å². The van der Waals surface area contributed by atoms with Gasteiger partial charge in [-0.3, -0.25) is 0 Å². The number of phenols is 4. The van der Waals surface area contributed by atoms with Crippen LogP contribution < -0.4 is 0 Å². The molecule has 0 spiro atoms. The molecule has 0 aliphatic rings. The van der Waals surface area contributed by atoms with E-state index in [0.717, 1.165) is 5.56 Å². The molecular formula is C21H20O4. The molecular weight excluding hydrogens is 316 g/mol. The molecule has 0 aliphatic heterocycles. The van der Waals surface area contributed by atoms with Crippen LogP contribution in [-0.2, 0) is 0 Å². The summed E-state index contributed by atoms with van der Waals surface area (Å²) in [6, 6.07) is 11.9. The van der Waals surface area contributed by atoms with Crippen molar-refractivity contribution in [3.8, 4) is 45.3 Å². The summed E-state index contributed by atoms with van der Waals surface area (Å²) in [6.07, 6.45) is 0. The topological polar surface area (TPSA) is 80.9 Å². The largest absolute Gasteiger partial charge is 0.508 e. The monoisotopic (exact) mass is 336 g/mol. The maximum Gasteiger partial charge on any atom is 0.166 e. The van der Waals surface area contributed by atoms with Gasteiger partial charge in [0.05, 0.1) is 0 Å². The van der Waals surface area contributed by atoms with Crippen molar-refractivity contribution >= 4 is 0 Å². The minimum absolute atomic E-state index is 0.181. The van der Waals surface area contributed by atoms with E-state index in [1.54, 1.807) is 56.3 Å². The number of hydrogen-bond donors (Lipinski definition) is 4. The quantitative estimate of drug-likeness (QED) is 0.508. The third-order valence-corrected chi connectivity index (χ3v) is 4.46. The highest BCUT2D eigenvalue weighted by Gasteiger charge is 2.18. The molecule has 25 heavy (non-hydrogen) atoms. The maximum atomic E-state index is 10.6. The smallest absolute Gasteiger partial charge is 0.166 e. The molecule has 0 aliphatic carbocycles. The Bertz CT molecular complexity index is 974. The van der Waals surface area contributed by atoms with E-state index in [2.05, 4.69) is 0 Å². The van der Waals surface area contributed by atoms with Crippen LogP contribution in [0.5, 0.6) is 23.0 Å². The summed E-state index contributed by atoms with van der Waals surface area (Å²) in [7, 11) is 0. The van der Waals surface area contributed by atoms with Gasteiger partial charge in [-0.25, -0.2) is 0 Å². The van der Waals surface area contributed by atoms with E-state index >= 15 is 0 Å². The minimum Gasteiger partial charge on any atom is -0.508 e. The molecule has 0 unspecified atom stereocenters. The van der Waals surface area contributed by atoms with Crippen LogP contribution >= 0.6 is 0 Å². The van der Waals surface area contributed by atoms with Crippen LogP contribution in [0.2, 0.25) is 0 Å². The number of rotatable bonds is 2. The zero-order chi connectivity index (χ0) is 18.3. The summed E-state index contributed by atoms with van der Waals surface area (Å²) in [6.45, 7) is 5.41. The first-order valence-corrected chi connectivity index (χ1v) is 7.95. The van der Waals surface area contributed by atoms with E-state index < -0.39 is 0 Å². The summed E-state index contributed by atoms with van der Waals surface area (Å²) in [5, 5.41) is 40.5. The van der Waals surface area contributed by atoms with Gasteiger partial charge in [-0.2, -0.15) is 0 Å². The molecule has 0 heterocycles. The maximum absolute atomic E-state index is 10.6. The van der Waals surface area contributed by atoms with Crippen molar-refractivity contribution < 1.29 is 20.4 Å². The first-order valence-electron chi connectivity index (χ1n) is 7.95. The van der Waals surface area contributed by atoms with Crippen LogP contribution in [0.4, 0.5) is 0 Å².